The zero-order valence-electron chi connectivity index (χ0n) is 11.6. The molecule has 2 aromatic carbocycles. The van der Waals surface area contributed by atoms with Crippen LogP contribution < -0.4 is 11.1 Å². The van der Waals surface area contributed by atoms with Crippen molar-refractivity contribution in [2.75, 3.05) is 5.32 Å². The van der Waals surface area contributed by atoms with Crippen LogP contribution in [0.5, 0.6) is 0 Å². The molecule has 0 aliphatic rings. The number of carbonyl (C=O) groups is 1. The summed E-state index contributed by atoms with van der Waals surface area (Å²) >= 11 is 3.43. The van der Waals surface area contributed by atoms with Crippen molar-refractivity contribution < 1.29 is 9.18 Å². The van der Waals surface area contributed by atoms with Gasteiger partial charge in [-0.05, 0) is 52.2 Å². The highest BCUT2D eigenvalue weighted by Crippen LogP contribution is 2.33. The Morgan fingerprint density at radius 2 is 2.00 bits per heavy atom. The van der Waals surface area contributed by atoms with E-state index in [1.807, 2.05) is 31.2 Å². The van der Waals surface area contributed by atoms with Gasteiger partial charge in [0.05, 0.1) is 0 Å². The number of amides is 1. The van der Waals surface area contributed by atoms with Gasteiger partial charge in [0.15, 0.2) is 0 Å². The summed E-state index contributed by atoms with van der Waals surface area (Å²) in [6.45, 7) is 1.83. The number of hydrogen-bond acceptors (Lipinski definition) is 2. The second-order valence-corrected chi connectivity index (χ2v) is 5.59. The molecule has 0 spiro atoms. The van der Waals surface area contributed by atoms with Crippen molar-refractivity contribution in [1.29, 1.82) is 0 Å². The van der Waals surface area contributed by atoms with Crippen LogP contribution in [-0.4, -0.2) is 5.91 Å². The van der Waals surface area contributed by atoms with Gasteiger partial charge in [0, 0.05) is 10.2 Å². The van der Waals surface area contributed by atoms with Crippen LogP contribution in [0, 0.1) is 5.82 Å². The molecule has 5 heteroatoms. The third-order valence-corrected chi connectivity index (χ3v) is 4.18. The van der Waals surface area contributed by atoms with Crippen LogP contribution in [0.15, 0.2) is 53.0 Å². The highest BCUT2D eigenvalue weighted by Gasteiger charge is 2.37. The standard InChI is InChI=1S/C16H16BrFN2O/c1-2-16(15(19)21,11-6-5-7-12(18)10-11)20-14-9-4-3-8-13(14)17/h3-10,20H,2H2,1H3,(H2,19,21). The molecule has 0 fully saturated rings. The van der Waals surface area contributed by atoms with Gasteiger partial charge in [0.25, 0.3) is 0 Å². The molecule has 0 aliphatic carbocycles. The highest BCUT2D eigenvalue weighted by atomic mass is 79.9. The molecule has 0 radical (unpaired) electrons. The quantitative estimate of drug-likeness (QED) is 0.861. The first kappa shape index (κ1) is 15.5. The van der Waals surface area contributed by atoms with E-state index in [-0.39, 0.29) is 0 Å². The van der Waals surface area contributed by atoms with E-state index in [0.29, 0.717) is 12.0 Å². The van der Waals surface area contributed by atoms with E-state index in [1.54, 1.807) is 12.1 Å². The Balaban J connectivity index is 2.53. The number of anilines is 1. The van der Waals surface area contributed by atoms with E-state index in [9.17, 15) is 9.18 Å². The third kappa shape index (κ3) is 3.08. The zero-order valence-corrected chi connectivity index (χ0v) is 13.2. The number of carbonyl (C=O) groups excluding carboxylic acids is 1. The predicted molar refractivity (Wildman–Crippen MR) is 85.3 cm³/mol. The second-order valence-electron chi connectivity index (χ2n) is 4.74. The topological polar surface area (TPSA) is 55.1 Å². The van der Waals surface area contributed by atoms with Gasteiger partial charge in [0.1, 0.15) is 11.4 Å². The molecule has 0 saturated heterocycles. The Kier molecular flexibility index (Phi) is 4.63. The summed E-state index contributed by atoms with van der Waals surface area (Å²) in [5.74, 6) is -0.952. The molecule has 21 heavy (non-hydrogen) atoms. The third-order valence-electron chi connectivity index (χ3n) is 3.49. The summed E-state index contributed by atoms with van der Waals surface area (Å²) in [6.07, 6.45) is 0.396. The maximum atomic E-state index is 13.5. The number of hydrogen-bond donors (Lipinski definition) is 2. The molecular weight excluding hydrogens is 335 g/mol. The van der Waals surface area contributed by atoms with Gasteiger partial charge in [-0.3, -0.25) is 4.79 Å². The number of halogens is 2. The minimum atomic E-state index is -1.16. The first-order valence-corrected chi connectivity index (χ1v) is 7.37. The average molecular weight is 351 g/mol. The summed E-state index contributed by atoms with van der Waals surface area (Å²) < 4.78 is 14.3. The van der Waals surface area contributed by atoms with Crippen LogP contribution in [0.25, 0.3) is 0 Å². The SMILES string of the molecule is CCC(Nc1ccccc1Br)(C(N)=O)c1cccc(F)c1. The number of nitrogens with two attached hydrogens (primary N) is 1. The summed E-state index contributed by atoms with van der Waals surface area (Å²) in [7, 11) is 0. The molecule has 0 heterocycles. The monoisotopic (exact) mass is 350 g/mol. The molecule has 2 aromatic rings. The lowest BCUT2D eigenvalue weighted by Crippen LogP contribution is -2.47. The lowest BCUT2D eigenvalue weighted by molar-refractivity contribution is -0.122. The molecule has 2 rings (SSSR count). The molecule has 1 atom stereocenters. The molecule has 0 aromatic heterocycles. The largest absolute Gasteiger partial charge is 0.367 e. The van der Waals surface area contributed by atoms with Gasteiger partial charge < -0.3 is 11.1 Å². The van der Waals surface area contributed by atoms with Gasteiger partial charge in [-0.25, -0.2) is 4.39 Å². The van der Waals surface area contributed by atoms with Crippen molar-refractivity contribution in [3.63, 3.8) is 0 Å². The normalized spacial score (nSPS) is 13.5. The van der Waals surface area contributed by atoms with E-state index < -0.39 is 17.3 Å². The van der Waals surface area contributed by atoms with Gasteiger partial charge in [0.2, 0.25) is 5.91 Å². The fraction of sp³-hybridized carbons (Fsp3) is 0.188. The predicted octanol–water partition coefficient (Wildman–Crippen LogP) is 3.79. The van der Waals surface area contributed by atoms with Gasteiger partial charge >= 0.3 is 0 Å². The zero-order chi connectivity index (χ0) is 15.5. The molecule has 3 nitrogen and oxygen atoms in total. The molecule has 3 N–H and O–H groups in total. The van der Waals surface area contributed by atoms with Crippen LogP contribution in [0.3, 0.4) is 0 Å². The summed E-state index contributed by atoms with van der Waals surface area (Å²) in [4.78, 5) is 12.1. The second kappa shape index (κ2) is 6.26. The van der Waals surface area contributed by atoms with Crippen LogP contribution in [0.4, 0.5) is 10.1 Å². The number of primary amides is 1. The molecule has 1 amide bonds. The summed E-state index contributed by atoms with van der Waals surface area (Å²) in [6, 6.07) is 13.3. The van der Waals surface area contributed by atoms with Crippen molar-refractivity contribution in [3.8, 4) is 0 Å². The molecule has 0 bridgehead atoms. The fourth-order valence-electron chi connectivity index (χ4n) is 2.29. The maximum Gasteiger partial charge on any atom is 0.247 e. The minimum absolute atomic E-state index is 0.396. The van der Waals surface area contributed by atoms with Crippen molar-refractivity contribution in [1.82, 2.24) is 0 Å². The first-order valence-electron chi connectivity index (χ1n) is 6.58. The first-order chi connectivity index (χ1) is 9.99. The van der Waals surface area contributed by atoms with Crippen LogP contribution in [0.2, 0.25) is 0 Å². The molecule has 0 aliphatic heterocycles. The van der Waals surface area contributed by atoms with Gasteiger partial charge in [-0.1, -0.05) is 31.2 Å². The Bertz CT molecular complexity index is 662. The van der Waals surface area contributed by atoms with Crippen molar-refractivity contribution in [2.45, 2.75) is 18.9 Å². The molecular formula is C16H16BrFN2O. The Morgan fingerprint density at radius 3 is 2.57 bits per heavy atom. The summed E-state index contributed by atoms with van der Waals surface area (Å²) in [5.41, 5.74) is 5.69. The molecule has 0 saturated carbocycles. The van der Waals surface area contributed by atoms with Gasteiger partial charge in [-0.15, -0.1) is 0 Å². The molecule has 1 unspecified atom stereocenters. The van der Waals surface area contributed by atoms with E-state index in [1.165, 1.54) is 12.1 Å². The fourth-order valence-corrected chi connectivity index (χ4v) is 2.67. The number of para-hydroxylation sites is 1. The van der Waals surface area contributed by atoms with E-state index in [0.717, 1.165) is 10.2 Å². The minimum Gasteiger partial charge on any atom is -0.367 e. The Labute approximate surface area is 131 Å². The van der Waals surface area contributed by atoms with E-state index in [4.69, 9.17) is 5.73 Å². The number of nitrogens with one attached hydrogen (secondary N) is 1. The molecule has 110 valence electrons. The van der Waals surface area contributed by atoms with Gasteiger partial charge in [-0.2, -0.15) is 0 Å². The number of rotatable bonds is 5. The maximum absolute atomic E-state index is 13.5. The lowest BCUT2D eigenvalue weighted by Gasteiger charge is -2.32. The lowest BCUT2D eigenvalue weighted by atomic mass is 9.86. The Morgan fingerprint density at radius 1 is 1.29 bits per heavy atom. The van der Waals surface area contributed by atoms with Crippen molar-refractivity contribution >= 4 is 27.5 Å². The van der Waals surface area contributed by atoms with Crippen molar-refractivity contribution in [3.05, 3.63) is 64.4 Å². The smallest absolute Gasteiger partial charge is 0.247 e. The van der Waals surface area contributed by atoms with Crippen LogP contribution in [-0.2, 0) is 10.3 Å². The highest BCUT2D eigenvalue weighted by molar-refractivity contribution is 9.10. The van der Waals surface area contributed by atoms with Crippen molar-refractivity contribution in [2.24, 2.45) is 5.73 Å². The van der Waals surface area contributed by atoms with Crippen LogP contribution >= 0.6 is 15.9 Å². The summed E-state index contributed by atoms with van der Waals surface area (Å²) in [5, 5.41) is 3.17. The Hall–Kier alpha value is -1.88. The van der Waals surface area contributed by atoms with E-state index >= 15 is 0 Å². The van der Waals surface area contributed by atoms with E-state index in [2.05, 4.69) is 21.2 Å². The van der Waals surface area contributed by atoms with Crippen LogP contribution in [0.1, 0.15) is 18.9 Å². The number of benzene rings is 2. The average Bonchev–Trinajstić information content (AvgIpc) is 2.46.